The topological polar surface area (TPSA) is 121 Å². The van der Waals surface area contributed by atoms with E-state index in [0.717, 1.165) is 27.9 Å². The maximum absolute atomic E-state index is 13.0. The highest BCUT2D eigenvalue weighted by Gasteiger charge is 2.23. The summed E-state index contributed by atoms with van der Waals surface area (Å²) < 4.78 is 33.0. The molecular weight excluding hydrogens is 480 g/mol. The van der Waals surface area contributed by atoms with Crippen LogP contribution in [0.25, 0.3) is 10.9 Å². The van der Waals surface area contributed by atoms with Crippen molar-refractivity contribution in [1.82, 2.24) is 19.9 Å². The van der Waals surface area contributed by atoms with Crippen LogP contribution < -0.4 is 14.4 Å². The highest BCUT2D eigenvalue weighted by atomic mass is 32.2. The normalized spacial score (nSPS) is 14.1. The number of H-pyrrole nitrogens is 1. The minimum Gasteiger partial charge on any atom is -0.497 e. The van der Waals surface area contributed by atoms with Gasteiger partial charge in [0.1, 0.15) is 17.9 Å². The van der Waals surface area contributed by atoms with E-state index in [9.17, 15) is 13.2 Å². The molecule has 1 amide bonds. The van der Waals surface area contributed by atoms with Gasteiger partial charge in [0.2, 0.25) is 5.91 Å². The molecule has 2 aromatic heterocycles. The predicted molar refractivity (Wildman–Crippen MR) is 141 cm³/mol. The minimum atomic E-state index is -3.75. The molecule has 1 fully saturated rings. The molecule has 5 rings (SSSR count). The number of amides is 1. The van der Waals surface area contributed by atoms with Crippen LogP contribution in [-0.2, 0) is 21.2 Å². The Labute approximate surface area is 211 Å². The molecule has 10 nitrogen and oxygen atoms in total. The molecule has 0 saturated carbocycles. The summed E-state index contributed by atoms with van der Waals surface area (Å²) in [6.07, 6.45) is 4.95. The number of rotatable bonds is 7. The lowest BCUT2D eigenvalue weighted by atomic mass is 10.1. The Morgan fingerprint density at radius 2 is 1.89 bits per heavy atom. The second-order valence-corrected chi connectivity index (χ2v) is 10.1. The van der Waals surface area contributed by atoms with Gasteiger partial charge in [0, 0.05) is 58.0 Å². The van der Waals surface area contributed by atoms with Gasteiger partial charge in [-0.2, -0.15) is 0 Å². The lowest BCUT2D eigenvalue weighted by Gasteiger charge is -2.36. The average molecular weight is 511 g/mol. The van der Waals surface area contributed by atoms with Gasteiger partial charge >= 0.3 is 0 Å². The first-order valence-corrected chi connectivity index (χ1v) is 13.0. The Balaban J connectivity index is 0.00000200. The average Bonchev–Trinajstić information content (AvgIpc) is 3.31. The van der Waals surface area contributed by atoms with E-state index in [4.69, 9.17) is 4.74 Å². The van der Waals surface area contributed by atoms with E-state index in [1.165, 1.54) is 18.6 Å². The molecule has 4 aromatic rings. The van der Waals surface area contributed by atoms with Crippen LogP contribution in [0.2, 0.25) is 0 Å². The summed E-state index contributed by atoms with van der Waals surface area (Å²) in [4.78, 5) is 28.1. The Hall–Kier alpha value is -4.12. The van der Waals surface area contributed by atoms with Crippen molar-refractivity contribution in [2.45, 2.75) is 11.3 Å². The van der Waals surface area contributed by atoms with Gasteiger partial charge in [-0.05, 0) is 54.1 Å². The molecule has 2 aromatic carbocycles. The van der Waals surface area contributed by atoms with Crippen LogP contribution in [0.5, 0.6) is 5.75 Å². The van der Waals surface area contributed by atoms with E-state index >= 15 is 0 Å². The third kappa shape index (κ3) is 4.96. The number of sulfonamides is 1. The number of hydrogen-bond acceptors (Lipinski definition) is 7. The molecule has 0 aliphatic carbocycles. The van der Waals surface area contributed by atoms with Crippen molar-refractivity contribution in [3.8, 4) is 5.75 Å². The molecule has 36 heavy (non-hydrogen) atoms. The lowest BCUT2D eigenvalue weighted by molar-refractivity contribution is -0.130. The molecule has 0 unspecified atom stereocenters. The number of nitrogens with one attached hydrogen (secondary N) is 2. The third-order valence-corrected chi connectivity index (χ3v) is 7.65. The Kier molecular flexibility index (Phi) is 6.47. The molecule has 2 N–H and O–H groups in total. The van der Waals surface area contributed by atoms with Gasteiger partial charge in [-0.1, -0.05) is 0 Å². The molecule has 1 aliphatic heterocycles. The second kappa shape index (κ2) is 9.86. The van der Waals surface area contributed by atoms with E-state index in [2.05, 4.69) is 24.6 Å². The highest BCUT2D eigenvalue weighted by molar-refractivity contribution is 7.92. The van der Waals surface area contributed by atoms with Crippen LogP contribution in [0, 0.1) is 0 Å². The fourth-order valence-electron chi connectivity index (χ4n) is 4.30. The number of hydrogen-bond donors (Lipinski definition) is 2. The highest BCUT2D eigenvalue weighted by Crippen LogP contribution is 2.25. The summed E-state index contributed by atoms with van der Waals surface area (Å²) in [6.45, 7) is 2.52. The molecule has 11 heteroatoms. The van der Waals surface area contributed by atoms with Gasteiger partial charge < -0.3 is 19.5 Å². The molecule has 0 bridgehead atoms. The van der Waals surface area contributed by atoms with Gasteiger partial charge in [0.05, 0.1) is 18.4 Å². The van der Waals surface area contributed by atoms with Crippen LogP contribution in [0.15, 0.2) is 72.1 Å². The SMILES string of the molecule is COc1ccc2[nH]cc(CC(=O)N3CCN(c4ccc(S(=O)(=O)Nc5ccncn5)cc4)CC3)c2c1.[HH].[HH]. The van der Waals surface area contributed by atoms with Crippen molar-refractivity contribution in [2.75, 3.05) is 42.9 Å². The van der Waals surface area contributed by atoms with Gasteiger partial charge in [-0.3, -0.25) is 9.52 Å². The van der Waals surface area contributed by atoms with E-state index in [0.29, 0.717) is 32.6 Å². The Morgan fingerprint density at radius 1 is 1.11 bits per heavy atom. The standard InChI is InChI=1S/C25H26N6O4S.2H2/c1-35-20-4-7-23-22(15-20)18(16-27-23)14-25(32)31-12-10-30(11-13-31)19-2-5-21(6-3-19)36(33,34)29-24-8-9-26-17-28-24;;/h2-9,15-17,27H,10-14H2,1H3,(H,26,28,29);2*1H. The van der Waals surface area contributed by atoms with E-state index in [1.54, 1.807) is 31.4 Å². The first-order valence-electron chi connectivity index (χ1n) is 11.5. The number of benzene rings is 2. The number of nitrogens with zero attached hydrogens (tertiary/aromatic N) is 4. The number of fused-ring (bicyclic) bond motifs is 1. The lowest BCUT2D eigenvalue weighted by Crippen LogP contribution is -2.49. The molecule has 0 radical (unpaired) electrons. The van der Waals surface area contributed by atoms with Crippen LogP contribution in [0.3, 0.4) is 0 Å². The maximum Gasteiger partial charge on any atom is 0.263 e. The van der Waals surface area contributed by atoms with Gasteiger partial charge in [-0.25, -0.2) is 18.4 Å². The minimum absolute atomic E-state index is 0. The number of ether oxygens (including phenoxy) is 1. The van der Waals surface area contributed by atoms with E-state index in [1.807, 2.05) is 29.3 Å². The number of anilines is 2. The molecule has 1 aliphatic rings. The summed E-state index contributed by atoms with van der Waals surface area (Å²) in [5.41, 5.74) is 2.83. The van der Waals surface area contributed by atoms with Crippen LogP contribution in [0.4, 0.5) is 11.5 Å². The number of methoxy groups -OCH3 is 1. The second-order valence-electron chi connectivity index (χ2n) is 8.46. The monoisotopic (exact) mass is 510 g/mol. The summed E-state index contributed by atoms with van der Waals surface area (Å²) in [5.74, 6) is 1.05. The molecular formula is C25H30N6O4S. The van der Waals surface area contributed by atoms with Crippen LogP contribution >= 0.6 is 0 Å². The smallest absolute Gasteiger partial charge is 0.263 e. The zero-order valence-electron chi connectivity index (χ0n) is 19.7. The molecule has 0 atom stereocenters. The maximum atomic E-state index is 13.0. The van der Waals surface area contributed by atoms with Crippen LogP contribution in [-0.4, -0.2) is 67.5 Å². The van der Waals surface area contributed by atoms with Crippen molar-refractivity contribution >= 4 is 38.3 Å². The molecule has 1 saturated heterocycles. The number of aromatic nitrogens is 3. The number of aromatic amines is 1. The van der Waals surface area contributed by atoms with Crippen molar-refractivity contribution in [3.05, 3.63) is 72.8 Å². The fraction of sp³-hybridized carbons (Fsp3) is 0.240. The first kappa shape index (κ1) is 23.6. The Morgan fingerprint density at radius 3 is 2.58 bits per heavy atom. The molecule has 190 valence electrons. The largest absolute Gasteiger partial charge is 0.497 e. The van der Waals surface area contributed by atoms with Gasteiger partial charge in [0.15, 0.2) is 0 Å². The number of piperazine rings is 1. The number of carbonyl (C=O) groups excluding carboxylic acids is 1. The summed E-state index contributed by atoms with van der Waals surface area (Å²) in [5, 5.41) is 0.991. The Bertz CT molecular complexity index is 1480. The van der Waals surface area contributed by atoms with Crippen molar-refractivity contribution in [2.24, 2.45) is 0 Å². The predicted octanol–water partition coefficient (Wildman–Crippen LogP) is 3.15. The number of carbonyl (C=O) groups is 1. The van der Waals surface area contributed by atoms with E-state index < -0.39 is 10.0 Å². The zero-order chi connectivity index (χ0) is 25.1. The fourth-order valence-corrected chi connectivity index (χ4v) is 5.31. The summed E-state index contributed by atoms with van der Waals surface area (Å²) in [7, 11) is -2.12. The quantitative estimate of drug-likeness (QED) is 0.392. The van der Waals surface area contributed by atoms with Crippen molar-refractivity contribution in [3.63, 3.8) is 0 Å². The van der Waals surface area contributed by atoms with Crippen LogP contribution in [0.1, 0.15) is 8.42 Å². The van der Waals surface area contributed by atoms with Crippen molar-refractivity contribution in [1.29, 1.82) is 0 Å². The summed E-state index contributed by atoms with van der Waals surface area (Å²) in [6, 6.07) is 14.0. The van der Waals surface area contributed by atoms with Gasteiger partial charge in [0.25, 0.3) is 10.0 Å². The summed E-state index contributed by atoms with van der Waals surface area (Å²) >= 11 is 0. The first-order chi connectivity index (χ1) is 17.4. The van der Waals surface area contributed by atoms with E-state index in [-0.39, 0.29) is 19.5 Å². The van der Waals surface area contributed by atoms with Gasteiger partial charge in [-0.15, -0.1) is 0 Å². The third-order valence-electron chi connectivity index (χ3n) is 6.28. The zero-order valence-corrected chi connectivity index (χ0v) is 20.5. The molecule has 3 heterocycles. The van der Waals surface area contributed by atoms with Crippen molar-refractivity contribution < 1.29 is 20.8 Å². The molecule has 0 spiro atoms.